The Bertz CT molecular complexity index is 344. The second kappa shape index (κ2) is 7.29. The topological polar surface area (TPSA) is 21.3 Å². The van der Waals surface area contributed by atoms with E-state index in [1.807, 2.05) is 36.0 Å². The maximum absolute atomic E-state index is 5.64. The van der Waals surface area contributed by atoms with Gasteiger partial charge >= 0.3 is 0 Å². The molecule has 1 rings (SSSR count). The van der Waals surface area contributed by atoms with Gasteiger partial charge in [0.05, 0.1) is 0 Å². The van der Waals surface area contributed by atoms with Gasteiger partial charge in [-0.05, 0) is 38.3 Å². The second-order valence-electron chi connectivity index (χ2n) is 4.45. The number of hydrogen-bond donors (Lipinski definition) is 1. The highest BCUT2D eigenvalue weighted by Crippen LogP contribution is 2.19. The number of nitrogens with one attached hydrogen (secondary N) is 1. The van der Waals surface area contributed by atoms with Gasteiger partial charge in [-0.15, -0.1) is 0 Å². The monoisotopic (exact) mass is 317 g/mol. The van der Waals surface area contributed by atoms with Crippen LogP contribution >= 0.6 is 27.7 Å². The van der Waals surface area contributed by atoms with Crippen molar-refractivity contribution in [3.05, 3.63) is 28.7 Å². The summed E-state index contributed by atoms with van der Waals surface area (Å²) in [6.07, 6.45) is 2.14. The highest BCUT2D eigenvalue weighted by Gasteiger charge is 2.14. The Morgan fingerprint density at radius 1 is 1.41 bits per heavy atom. The summed E-state index contributed by atoms with van der Waals surface area (Å²) in [5.74, 6) is 0.908. The SMILES string of the molecule is CSC(C)(C)CNCCOc1cccc(Br)c1. The van der Waals surface area contributed by atoms with Gasteiger partial charge in [-0.2, -0.15) is 11.8 Å². The summed E-state index contributed by atoms with van der Waals surface area (Å²) < 4.78 is 6.97. The summed E-state index contributed by atoms with van der Waals surface area (Å²) in [5.41, 5.74) is 0. The third-order valence-corrected chi connectivity index (χ3v) is 4.19. The molecule has 0 aliphatic heterocycles. The lowest BCUT2D eigenvalue weighted by Crippen LogP contribution is -2.34. The number of hydrogen-bond acceptors (Lipinski definition) is 3. The van der Waals surface area contributed by atoms with Crippen molar-refractivity contribution in [2.24, 2.45) is 0 Å². The van der Waals surface area contributed by atoms with Crippen molar-refractivity contribution in [2.45, 2.75) is 18.6 Å². The van der Waals surface area contributed by atoms with Crippen LogP contribution in [0.3, 0.4) is 0 Å². The van der Waals surface area contributed by atoms with Crippen LogP contribution in [-0.4, -0.2) is 30.7 Å². The largest absolute Gasteiger partial charge is 0.492 e. The first-order chi connectivity index (χ1) is 8.03. The Morgan fingerprint density at radius 2 is 2.18 bits per heavy atom. The molecule has 0 aliphatic carbocycles. The molecule has 1 aromatic carbocycles. The first-order valence-corrected chi connectivity index (χ1v) is 7.69. The van der Waals surface area contributed by atoms with Crippen LogP contribution in [0.4, 0.5) is 0 Å². The van der Waals surface area contributed by atoms with Crippen molar-refractivity contribution >= 4 is 27.7 Å². The van der Waals surface area contributed by atoms with Crippen molar-refractivity contribution in [2.75, 3.05) is 26.0 Å². The van der Waals surface area contributed by atoms with Crippen molar-refractivity contribution in [3.8, 4) is 5.75 Å². The molecule has 0 unspecified atom stereocenters. The van der Waals surface area contributed by atoms with Gasteiger partial charge in [-0.3, -0.25) is 0 Å². The van der Waals surface area contributed by atoms with Crippen LogP contribution in [0.2, 0.25) is 0 Å². The van der Waals surface area contributed by atoms with Crippen LogP contribution in [0, 0.1) is 0 Å². The van der Waals surface area contributed by atoms with Crippen LogP contribution in [0.25, 0.3) is 0 Å². The molecular weight excluding hydrogens is 298 g/mol. The van der Waals surface area contributed by atoms with E-state index in [1.54, 1.807) is 0 Å². The van der Waals surface area contributed by atoms with Crippen molar-refractivity contribution in [1.29, 1.82) is 0 Å². The van der Waals surface area contributed by atoms with Crippen LogP contribution in [-0.2, 0) is 0 Å². The van der Waals surface area contributed by atoms with Gasteiger partial charge in [-0.25, -0.2) is 0 Å². The first kappa shape index (κ1) is 14.9. The third-order valence-electron chi connectivity index (χ3n) is 2.45. The average molecular weight is 318 g/mol. The Kier molecular flexibility index (Phi) is 6.38. The molecule has 1 N–H and O–H groups in total. The minimum Gasteiger partial charge on any atom is -0.492 e. The van der Waals surface area contributed by atoms with E-state index in [0.717, 1.165) is 23.3 Å². The molecule has 0 heterocycles. The zero-order chi connectivity index (χ0) is 12.7. The predicted molar refractivity (Wildman–Crippen MR) is 80.1 cm³/mol. The Balaban J connectivity index is 2.17. The summed E-state index contributed by atoms with van der Waals surface area (Å²) in [4.78, 5) is 0. The molecule has 1 aromatic rings. The normalized spacial score (nSPS) is 11.5. The van der Waals surface area contributed by atoms with Crippen molar-refractivity contribution in [3.63, 3.8) is 0 Å². The highest BCUT2D eigenvalue weighted by molar-refractivity contribution is 9.10. The van der Waals surface area contributed by atoms with E-state index in [4.69, 9.17) is 4.74 Å². The quantitative estimate of drug-likeness (QED) is 0.777. The van der Waals surface area contributed by atoms with E-state index in [0.29, 0.717) is 6.61 Å². The molecule has 0 fully saturated rings. The number of rotatable bonds is 7. The van der Waals surface area contributed by atoms with Crippen LogP contribution < -0.4 is 10.1 Å². The standard InChI is InChI=1S/C13H20BrNOS/c1-13(2,17-3)10-15-7-8-16-12-6-4-5-11(14)9-12/h4-6,9,15H,7-8,10H2,1-3H3. The summed E-state index contributed by atoms with van der Waals surface area (Å²) in [6.45, 7) is 7.03. The van der Waals surface area contributed by atoms with E-state index in [9.17, 15) is 0 Å². The Morgan fingerprint density at radius 3 is 2.82 bits per heavy atom. The zero-order valence-electron chi connectivity index (χ0n) is 10.6. The second-order valence-corrected chi connectivity index (χ2v) is 6.88. The van der Waals surface area contributed by atoms with Gasteiger partial charge < -0.3 is 10.1 Å². The predicted octanol–water partition coefficient (Wildman–Crippen LogP) is 3.56. The Hall–Kier alpha value is -0.190. The Labute approximate surface area is 117 Å². The molecule has 0 saturated carbocycles. The first-order valence-electron chi connectivity index (χ1n) is 5.68. The summed E-state index contributed by atoms with van der Waals surface area (Å²) in [6, 6.07) is 7.91. The fraction of sp³-hybridized carbons (Fsp3) is 0.538. The number of benzene rings is 1. The zero-order valence-corrected chi connectivity index (χ0v) is 13.0. The summed E-state index contributed by atoms with van der Waals surface area (Å²) >= 11 is 5.30. The van der Waals surface area contributed by atoms with Gasteiger partial charge in [0.2, 0.25) is 0 Å². The number of halogens is 1. The third kappa shape index (κ3) is 6.34. The molecule has 4 heteroatoms. The molecular formula is C13H20BrNOS. The lowest BCUT2D eigenvalue weighted by atomic mass is 10.2. The van der Waals surface area contributed by atoms with Gasteiger partial charge in [0.25, 0.3) is 0 Å². The lowest BCUT2D eigenvalue weighted by Gasteiger charge is -2.22. The van der Waals surface area contributed by atoms with Crippen LogP contribution in [0.15, 0.2) is 28.7 Å². The van der Waals surface area contributed by atoms with Crippen LogP contribution in [0.1, 0.15) is 13.8 Å². The molecule has 0 radical (unpaired) electrons. The molecule has 0 bridgehead atoms. The van der Waals surface area contributed by atoms with Crippen molar-refractivity contribution < 1.29 is 4.74 Å². The van der Waals surface area contributed by atoms with E-state index in [2.05, 4.69) is 41.3 Å². The number of thioether (sulfide) groups is 1. The maximum Gasteiger partial charge on any atom is 0.120 e. The maximum atomic E-state index is 5.64. The van der Waals surface area contributed by atoms with Crippen molar-refractivity contribution in [1.82, 2.24) is 5.32 Å². The lowest BCUT2D eigenvalue weighted by molar-refractivity contribution is 0.312. The van der Waals surface area contributed by atoms with Gasteiger partial charge in [0, 0.05) is 22.3 Å². The number of ether oxygens (including phenoxy) is 1. The molecule has 96 valence electrons. The fourth-order valence-corrected chi connectivity index (χ4v) is 1.88. The smallest absolute Gasteiger partial charge is 0.120 e. The molecule has 0 aliphatic rings. The highest BCUT2D eigenvalue weighted by atomic mass is 79.9. The fourth-order valence-electron chi connectivity index (χ4n) is 1.26. The van der Waals surface area contributed by atoms with Gasteiger partial charge in [0.1, 0.15) is 12.4 Å². The summed E-state index contributed by atoms with van der Waals surface area (Å²) in [7, 11) is 0. The molecule has 0 atom stereocenters. The van der Waals surface area contributed by atoms with Gasteiger partial charge in [-0.1, -0.05) is 22.0 Å². The van der Waals surface area contributed by atoms with E-state index < -0.39 is 0 Å². The molecule has 0 saturated heterocycles. The van der Waals surface area contributed by atoms with Gasteiger partial charge in [0.15, 0.2) is 0 Å². The molecule has 0 amide bonds. The molecule has 0 aromatic heterocycles. The van der Waals surface area contributed by atoms with Crippen LogP contribution in [0.5, 0.6) is 5.75 Å². The van der Waals surface area contributed by atoms with E-state index in [-0.39, 0.29) is 4.75 Å². The van der Waals surface area contributed by atoms with E-state index >= 15 is 0 Å². The van der Waals surface area contributed by atoms with E-state index in [1.165, 1.54) is 0 Å². The average Bonchev–Trinajstić information content (AvgIpc) is 2.29. The summed E-state index contributed by atoms with van der Waals surface area (Å²) in [5, 5.41) is 3.40. The minimum atomic E-state index is 0.287. The molecule has 17 heavy (non-hydrogen) atoms. The molecule has 2 nitrogen and oxygen atoms in total. The molecule has 0 spiro atoms. The minimum absolute atomic E-state index is 0.287.